The van der Waals surface area contributed by atoms with E-state index in [4.69, 9.17) is 0 Å². The van der Waals surface area contributed by atoms with Crippen molar-refractivity contribution >= 4 is 17.5 Å². The maximum atomic E-state index is 13.1. The molecule has 136 valence electrons. The largest absolute Gasteiger partial charge is 0.418 e. The summed E-state index contributed by atoms with van der Waals surface area (Å²) in [6.45, 7) is 3.92. The molecule has 0 radical (unpaired) electrons. The van der Waals surface area contributed by atoms with E-state index in [1.165, 1.54) is 24.1 Å². The summed E-state index contributed by atoms with van der Waals surface area (Å²) in [6.07, 6.45) is -2.78. The van der Waals surface area contributed by atoms with Gasteiger partial charge in [0.25, 0.3) is 0 Å². The van der Waals surface area contributed by atoms with Gasteiger partial charge in [-0.1, -0.05) is 18.7 Å². The minimum absolute atomic E-state index is 0.116. The van der Waals surface area contributed by atoms with Gasteiger partial charge in [0.15, 0.2) is 0 Å². The first-order valence-electron chi connectivity index (χ1n) is 7.80. The molecule has 25 heavy (non-hydrogen) atoms. The molecule has 0 spiro atoms. The van der Waals surface area contributed by atoms with Crippen LogP contribution < -0.4 is 10.2 Å². The van der Waals surface area contributed by atoms with Crippen LogP contribution in [0.25, 0.3) is 0 Å². The van der Waals surface area contributed by atoms with Crippen LogP contribution in [0.3, 0.4) is 0 Å². The van der Waals surface area contributed by atoms with Crippen molar-refractivity contribution in [2.45, 2.75) is 18.6 Å². The molecule has 1 aliphatic heterocycles. The average Bonchev–Trinajstić information content (AvgIpc) is 3.01. The van der Waals surface area contributed by atoms with Crippen molar-refractivity contribution in [1.29, 1.82) is 0 Å². The summed E-state index contributed by atoms with van der Waals surface area (Å²) in [5.41, 5.74) is -0.566. The smallest absolute Gasteiger partial charge is 0.369 e. The van der Waals surface area contributed by atoms with E-state index in [1.807, 2.05) is 0 Å². The van der Waals surface area contributed by atoms with Crippen LogP contribution >= 0.6 is 0 Å². The van der Waals surface area contributed by atoms with Gasteiger partial charge < -0.3 is 15.1 Å². The summed E-state index contributed by atoms with van der Waals surface area (Å²) in [5, 5.41) is 2.76. The fraction of sp³-hybridized carbons (Fsp3) is 0.412. The predicted octanol–water partition coefficient (Wildman–Crippen LogP) is 2.04. The van der Waals surface area contributed by atoms with E-state index in [0.29, 0.717) is 13.0 Å². The summed E-state index contributed by atoms with van der Waals surface area (Å²) in [4.78, 5) is 26.2. The van der Waals surface area contributed by atoms with Crippen LogP contribution in [0.15, 0.2) is 36.9 Å². The second-order valence-corrected chi connectivity index (χ2v) is 5.91. The van der Waals surface area contributed by atoms with E-state index in [9.17, 15) is 22.8 Å². The molecule has 1 saturated heterocycles. The Morgan fingerprint density at radius 2 is 2.08 bits per heavy atom. The molecule has 5 nitrogen and oxygen atoms in total. The molecule has 8 heteroatoms. The van der Waals surface area contributed by atoms with Crippen LogP contribution in [0.4, 0.5) is 18.9 Å². The van der Waals surface area contributed by atoms with Gasteiger partial charge in [0, 0.05) is 31.9 Å². The number of halogens is 3. The molecule has 1 fully saturated rings. The van der Waals surface area contributed by atoms with Gasteiger partial charge in [-0.3, -0.25) is 9.59 Å². The molecular weight excluding hydrogens is 335 g/mol. The summed E-state index contributed by atoms with van der Waals surface area (Å²) in [6, 6.07) is 5.14. The number of carbonyl (C=O) groups is 2. The Morgan fingerprint density at radius 3 is 2.72 bits per heavy atom. The highest BCUT2D eigenvalue weighted by atomic mass is 19.4. The third kappa shape index (κ3) is 4.74. The Bertz CT molecular complexity index is 661. The standard InChI is InChI=1S/C17H20F3N3O2/c1-3-16(25)22(2)11-15(24)21-12-8-9-23(10-12)14-7-5-4-6-13(14)17(18,19)20/h3-7,12H,1,8-11H2,2H3,(H,21,24). The molecule has 1 N–H and O–H groups in total. The van der Waals surface area contributed by atoms with Crippen LogP contribution in [0.1, 0.15) is 12.0 Å². The first-order chi connectivity index (χ1) is 11.7. The minimum atomic E-state index is -4.42. The molecule has 0 aromatic heterocycles. The van der Waals surface area contributed by atoms with Gasteiger partial charge in [0.1, 0.15) is 0 Å². The number of benzene rings is 1. The zero-order chi connectivity index (χ0) is 18.6. The SMILES string of the molecule is C=CC(=O)N(C)CC(=O)NC1CCN(c2ccccc2C(F)(F)F)C1. The molecular formula is C17H20F3N3O2. The molecule has 1 unspecified atom stereocenters. The van der Waals surface area contributed by atoms with Gasteiger partial charge in [0.05, 0.1) is 12.1 Å². The number of rotatable bonds is 5. The van der Waals surface area contributed by atoms with Crippen LogP contribution in [0.2, 0.25) is 0 Å². The summed E-state index contributed by atoms with van der Waals surface area (Å²) in [5.74, 6) is -0.726. The number of carbonyl (C=O) groups excluding carboxylic acids is 2. The molecule has 1 aliphatic rings. The van der Waals surface area contributed by atoms with E-state index >= 15 is 0 Å². The first-order valence-corrected chi connectivity index (χ1v) is 7.80. The van der Waals surface area contributed by atoms with Crippen LogP contribution in [-0.2, 0) is 15.8 Å². The molecule has 1 aromatic rings. The van der Waals surface area contributed by atoms with Crippen molar-refractivity contribution in [3.63, 3.8) is 0 Å². The zero-order valence-corrected chi connectivity index (χ0v) is 13.8. The third-order valence-electron chi connectivity index (χ3n) is 4.04. The number of amides is 2. The van der Waals surface area contributed by atoms with Crippen LogP contribution in [0, 0.1) is 0 Å². The number of para-hydroxylation sites is 1. The van der Waals surface area contributed by atoms with E-state index in [1.54, 1.807) is 11.0 Å². The lowest BCUT2D eigenvalue weighted by molar-refractivity contribution is -0.137. The van der Waals surface area contributed by atoms with Gasteiger partial charge in [0.2, 0.25) is 11.8 Å². The van der Waals surface area contributed by atoms with Crippen molar-refractivity contribution in [3.05, 3.63) is 42.5 Å². The Morgan fingerprint density at radius 1 is 1.40 bits per heavy atom. The molecule has 2 amide bonds. The monoisotopic (exact) mass is 355 g/mol. The van der Waals surface area contributed by atoms with Crippen molar-refractivity contribution in [2.75, 3.05) is 31.6 Å². The predicted molar refractivity (Wildman–Crippen MR) is 88.0 cm³/mol. The topological polar surface area (TPSA) is 52.7 Å². The average molecular weight is 355 g/mol. The highest BCUT2D eigenvalue weighted by Crippen LogP contribution is 2.37. The van der Waals surface area contributed by atoms with E-state index in [2.05, 4.69) is 11.9 Å². The number of hydrogen-bond donors (Lipinski definition) is 1. The van der Waals surface area contributed by atoms with Gasteiger partial charge in [-0.2, -0.15) is 13.2 Å². The fourth-order valence-electron chi connectivity index (χ4n) is 2.81. The quantitative estimate of drug-likeness (QED) is 0.823. The lowest BCUT2D eigenvalue weighted by Gasteiger charge is -2.23. The third-order valence-corrected chi connectivity index (χ3v) is 4.04. The molecule has 1 heterocycles. The molecule has 1 atom stereocenters. The van der Waals surface area contributed by atoms with Gasteiger partial charge in [-0.15, -0.1) is 0 Å². The van der Waals surface area contributed by atoms with E-state index < -0.39 is 11.7 Å². The molecule has 0 aliphatic carbocycles. The maximum Gasteiger partial charge on any atom is 0.418 e. The summed E-state index contributed by atoms with van der Waals surface area (Å²) >= 11 is 0. The number of hydrogen-bond acceptors (Lipinski definition) is 3. The fourth-order valence-corrected chi connectivity index (χ4v) is 2.81. The highest BCUT2D eigenvalue weighted by Gasteiger charge is 2.36. The Labute approximate surface area is 144 Å². The van der Waals surface area contributed by atoms with Crippen molar-refractivity contribution < 1.29 is 22.8 Å². The molecule has 0 saturated carbocycles. The van der Waals surface area contributed by atoms with Crippen LogP contribution in [-0.4, -0.2) is 49.4 Å². The number of anilines is 1. The van der Waals surface area contributed by atoms with Gasteiger partial charge in [-0.05, 0) is 24.6 Å². The molecule has 1 aromatic carbocycles. The van der Waals surface area contributed by atoms with Crippen molar-refractivity contribution in [3.8, 4) is 0 Å². The van der Waals surface area contributed by atoms with E-state index in [-0.39, 0.29) is 36.6 Å². The van der Waals surface area contributed by atoms with Crippen LogP contribution in [0.5, 0.6) is 0 Å². The Hall–Kier alpha value is -2.51. The normalized spacial score (nSPS) is 17.3. The number of likely N-dealkylation sites (N-methyl/N-ethyl adjacent to an activating group) is 1. The Balaban J connectivity index is 1.97. The van der Waals surface area contributed by atoms with Gasteiger partial charge in [-0.25, -0.2) is 0 Å². The number of nitrogens with zero attached hydrogens (tertiary/aromatic N) is 2. The first kappa shape index (κ1) is 18.8. The Kier molecular flexibility index (Phi) is 5.71. The van der Waals surface area contributed by atoms with Crippen molar-refractivity contribution in [1.82, 2.24) is 10.2 Å². The molecule has 2 rings (SSSR count). The number of nitrogens with one attached hydrogen (secondary N) is 1. The second kappa shape index (κ2) is 7.58. The lowest BCUT2D eigenvalue weighted by atomic mass is 10.1. The van der Waals surface area contributed by atoms with Crippen molar-refractivity contribution in [2.24, 2.45) is 0 Å². The minimum Gasteiger partial charge on any atom is -0.369 e. The van der Waals surface area contributed by atoms with Gasteiger partial charge >= 0.3 is 6.18 Å². The van der Waals surface area contributed by atoms with E-state index in [0.717, 1.165) is 12.1 Å². The second-order valence-electron chi connectivity index (χ2n) is 5.91. The zero-order valence-electron chi connectivity index (χ0n) is 13.8. The summed E-state index contributed by atoms with van der Waals surface area (Å²) < 4.78 is 39.4. The molecule has 0 bridgehead atoms. The number of alkyl halides is 3. The lowest BCUT2D eigenvalue weighted by Crippen LogP contribution is -2.43. The summed E-state index contributed by atoms with van der Waals surface area (Å²) in [7, 11) is 1.48. The highest BCUT2D eigenvalue weighted by molar-refractivity contribution is 5.90. The maximum absolute atomic E-state index is 13.1.